The van der Waals surface area contributed by atoms with E-state index in [0.29, 0.717) is 26.1 Å². The molecule has 0 bridgehead atoms. The van der Waals surface area contributed by atoms with Gasteiger partial charge in [-0.05, 0) is 24.8 Å². The summed E-state index contributed by atoms with van der Waals surface area (Å²) in [4.78, 5) is 17.2. The van der Waals surface area contributed by atoms with Crippen LogP contribution in [0.15, 0.2) is 22.5 Å². The fraction of sp³-hybridized carbons (Fsp3) is 0.500. The van der Waals surface area contributed by atoms with E-state index in [4.69, 9.17) is 0 Å². The lowest BCUT2D eigenvalue weighted by molar-refractivity contribution is -0.122. The highest BCUT2D eigenvalue weighted by atomic mass is 32.1. The molecule has 1 unspecified atom stereocenters. The Balaban J connectivity index is 1.65. The number of guanidine groups is 1. The number of amides is 1. The molecule has 3 rings (SSSR count). The number of nitrogens with zero attached hydrogens (tertiary/aromatic N) is 4. The minimum Gasteiger partial charge on any atom is -0.354 e. The van der Waals surface area contributed by atoms with Gasteiger partial charge in [-0.25, -0.2) is 4.99 Å². The first-order valence-electron chi connectivity index (χ1n) is 8.30. The molecule has 3 heterocycles. The molecule has 3 N–H and O–H groups in total. The second kappa shape index (κ2) is 8.11. The number of hydrogen-bond acceptors (Lipinski definition) is 5. The third kappa shape index (κ3) is 4.79. The van der Waals surface area contributed by atoms with Crippen LogP contribution >= 0.6 is 11.3 Å². The number of hydrogen-bond donors (Lipinski definition) is 3. The number of aliphatic imine (C=N–C) groups is 1. The highest BCUT2D eigenvalue weighted by Crippen LogP contribution is 2.08. The number of piperidine rings is 1. The second-order valence-corrected chi connectivity index (χ2v) is 7.04. The summed E-state index contributed by atoms with van der Waals surface area (Å²) in [5.41, 5.74) is 0. The number of carbonyl (C=O) groups is 1. The van der Waals surface area contributed by atoms with Crippen molar-refractivity contribution in [2.75, 3.05) is 6.54 Å². The lowest BCUT2D eigenvalue weighted by Gasteiger charge is -2.25. The molecule has 9 heteroatoms. The molecule has 2 aromatic rings. The Hall–Kier alpha value is -2.42. The van der Waals surface area contributed by atoms with Crippen molar-refractivity contribution in [3.8, 4) is 0 Å². The zero-order valence-electron chi connectivity index (χ0n) is 14.5. The van der Waals surface area contributed by atoms with Gasteiger partial charge in [-0.1, -0.05) is 6.07 Å². The van der Waals surface area contributed by atoms with Gasteiger partial charge in [0.2, 0.25) is 5.91 Å². The SMILES string of the molecule is Cc1nnc(CN=C(NCc2cccs2)NC2CCC(=O)NC2)n1C. The molecule has 2 aromatic heterocycles. The topological polar surface area (TPSA) is 96.2 Å². The minimum absolute atomic E-state index is 0.109. The summed E-state index contributed by atoms with van der Waals surface area (Å²) in [6.45, 7) is 3.68. The average molecular weight is 361 g/mol. The van der Waals surface area contributed by atoms with Gasteiger partial charge in [-0.2, -0.15) is 0 Å². The van der Waals surface area contributed by atoms with Crippen molar-refractivity contribution < 1.29 is 4.79 Å². The zero-order valence-corrected chi connectivity index (χ0v) is 15.3. The molecule has 1 amide bonds. The highest BCUT2D eigenvalue weighted by Gasteiger charge is 2.19. The van der Waals surface area contributed by atoms with E-state index in [-0.39, 0.29) is 11.9 Å². The molecule has 1 aliphatic rings. The van der Waals surface area contributed by atoms with Crippen molar-refractivity contribution in [3.63, 3.8) is 0 Å². The van der Waals surface area contributed by atoms with Crippen molar-refractivity contribution in [2.24, 2.45) is 12.0 Å². The summed E-state index contributed by atoms with van der Waals surface area (Å²) >= 11 is 1.70. The van der Waals surface area contributed by atoms with Crippen molar-refractivity contribution in [3.05, 3.63) is 34.0 Å². The van der Waals surface area contributed by atoms with Gasteiger partial charge in [-0.3, -0.25) is 4.79 Å². The van der Waals surface area contributed by atoms with Gasteiger partial charge in [0.05, 0.1) is 6.54 Å². The van der Waals surface area contributed by atoms with Gasteiger partial charge in [-0.15, -0.1) is 21.5 Å². The number of carbonyl (C=O) groups excluding carboxylic acids is 1. The van der Waals surface area contributed by atoms with Crippen LogP contribution in [0.1, 0.15) is 29.4 Å². The van der Waals surface area contributed by atoms with Gasteiger partial charge in [0.1, 0.15) is 12.4 Å². The summed E-state index contributed by atoms with van der Waals surface area (Å²) in [7, 11) is 1.93. The van der Waals surface area contributed by atoms with Crippen LogP contribution < -0.4 is 16.0 Å². The summed E-state index contributed by atoms with van der Waals surface area (Å²) in [6.07, 6.45) is 1.34. The van der Waals surface area contributed by atoms with Crippen molar-refractivity contribution in [1.82, 2.24) is 30.7 Å². The average Bonchev–Trinajstić information content (AvgIpc) is 3.24. The quantitative estimate of drug-likeness (QED) is 0.538. The van der Waals surface area contributed by atoms with Gasteiger partial charge < -0.3 is 20.5 Å². The molecular formula is C16H23N7OS. The molecule has 0 spiro atoms. The van der Waals surface area contributed by atoms with Gasteiger partial charge in [0.15, 0.2) is 11.8 Å². The van der Waals surface area contributed by atoms with E-state index in [2.05, 4.69) is 42.6 Å². The third-order valence-electron chi connectivity index (χ3n) is 4.18. The number of rotatable bonds is 5. The smallest absolute Gasteiger partial charge is 0.220 e. The van der Waals surface area contributed by atoms with E-state index < -0.39 is 0 Å². The zero-order chi connectivity index (χ0) is 17.6. The number of nitrogens with one attached hydrogen (secondary N) is 3. The Morgan fingerprint density at radius 2 is 2.40 bits per heavy atom. The van der Waals surface area contributed by atoms with E-state index >= 15 is 0 Å². The molecule has 25 heavy (non-hydrogen) atoms. The molecule has 1 aliphatic heterocycles. The van der Waals surface area contributed by atoms with E-state index in [1.54, 1.807) is 11.3 Å². The molecule has 134 valence electrons. The van der Waals surface area contributed by atoms with Crippen LogP contribution in [0.4, 0.5) is 0 Å². The summed E-state index contributed by atoms with van der Waals surface area (Å²) < 4.78 is 1.93. The van der Waals surface area contributed by atoms with Crippen LogP contribution in [0.3, 0.4) is 0 Å². The van der Waals surface area contributed by atoms with Crippen LogP contribution in [0, 0.1) is 6.92 Å². The molecule has 1 fully saturated rings. The van der Waals surface area contributed by atoms with Crippen LogP contribution in [0.2, 0.25) is 0 Å². The van der Waals surface area contributed by atoms with Crippen molar-refractivity contribution in [2.45, 2.75) is 38.9 Å². The Morgan fingerprint density at radius 3 is 3.04 bits per heavy atom. The third-order valence-corrected chi connectivity index (χ3v) is 5.05. The van der Waals surface area contributed by atoms with Crippen LogP contribution in [-0.2, 0) is 24.9 Å². The first-order chi connectivity index (χ1) is 12.1. The largest absolute Gasteiger partial charge is 0.354 e. The van der Waals surface area contributed by atoms with E-state index in [1.165, 1.54) is 4.88 Å². The van der Waals surface area contributed by atoms with Gasteiger partial charge in [0.25, 0.3) is 0 Å². The second-order valence-electron chi connectivity index (χ2n) is 6.00. The molecule has 0 saturated carbocycles. The monoisotopic (exact) mass is 361 g/mol. The summed E-state index contributed by atoms with van der Waals surface area (Å²) in [6, 6.07) is 4.29. The van der Waals surface area contributed by atoms with Crippen LogP contribution in [0.25, 0.3) is 0 Å². The predicted molar refractivity (Wildman–Crippen MR) is 97.2 cm³/mol. The molecule has 1 saturated heterocycles. The lowest BCUT2D eigenvalue weighted by Crippen LogP contribution is -2.51. The van der Waals surface area contributed by atoms with E-state index in [0.717, 1.165) is 24.0 Å². The maximum absolute atomic E-state index is 11.3. The van der Waals surface area contributed by atoms with Crippen LogP contribution in [-0.4, -0.2) is 39.2 Å². The molecule has 0 aliphatic carbocycles. The van der Waals surface area contributed by atoms with Crippen LogP contribution in [0.5, 0.6) is 0 Å². The maximum Gasteiger partial charge on any atom is 0.220 e. The molecule has 0 aromatic carbocycles. The Kier molecular flexibility index (Phi) is 5.64. The Bertz CT molecular complexity index is 728. The molecular weight excluding hydrogens is 338 g/mol. The minimum atomic E-state index is 0.109. The summed E-state index contributed by atoms with van der Waals surface area (Å²) in [5, 5.41) is 19.9. The van der Waals surface area contributed by atoms with E-state index in [1.807, 2.05) is 24.6 Å². The first kappa shape index (κ1) is 17.4. The fourth-order valence-corrected chi connectivity index (χ4v) is 3.17. The van der Waals surface area contributed by atoms with Gasteiger partial charge >= 0.3 is 0 Å². The number of thiophene rings is 1. The van der Waals surface area contributed by atoms with E-state index in [9.17, 15) is 4.79 Å². The molecule has 8 nitrogen and oxygen atoms in total. The summed E-state index contributed by atoms with van der Waals surface area (Å²) in [5.74, 6) is 2.50. The highest BCUT2D eigenvalue weighted by molar-refractivity contribution is 7.09. The Morgan fingerprint density at radius 1 is 1.52 bits per heavy atom. The normalized spacial score (nSPS) is 18.1. The number of aryl methyl sites for hydroxylation is 1. The lowest BCUT2D eigenvalue weighted by atomic mass is 10.1. The van der Waals surface area contributed by atoms with Gasteiger partial charge in [0, 0.05) is 30.9 Å². The van der Waals surface area contributed by atoms with Crippen molar-refractivity contribution in [1.29, 1.82) is 0 Å². The predicted octanol–water partition coefficient (Wildman–Crippen LogP) is 0.699. The standard InChI is InChI=1S/C16H23N7OS/c1-11-21-22-14(23(11)2)10-19-16(18-9-13-4-3-7-25-13)20-12-5-6-15(24)17-8-12/h3-4,7,12H,5-6,8-10H2,1-2H3,(H,17,24)(H2,18,19,20). The molecule has 0 radical (unpaired) electrons. The van der Waals surface area contributed by atoms with Crippen molar-refractivity contribution >= 4 is 23.2 Å². The number of aromatic nitrogens is 3. The Labute approximate surface area is 150 Å². The maximum atomic E-state index is 11.3. The first-order valence-corrected chi connectivity index (χ1v) is 9.18. The fourth-order valence-electron chi connectivity index (χ4n) is 2.52. The molecule has 1 atom stereocenters.